The molecule has 4 aromatic heterocycles. The maximum atomic E-state index is 9.91. The molecule has 5 aromatic rings. The Balaban J connectivity index is 1.47. The van der Waals surface area contributed by atoms with Crippen molar-refractivity contribution in [1.29, 1.82) is 0 Å². The molecule has 1 aliphatic rings. The number of methoxy groups -OCH3 is 1. The van der Waals surface area contributed by atoms with Gasteiger partial charge in [0, 0.05) is 35.0 Å². The Bertz CT molecular complexity index is 1630. The zero-order chi connectivity index (χ0) is 26.6. The van der Waals surface area contributed by atoms with Gasteiger partial charge in [-0.1, -0.05) is 5.16 Å². The lowest BCUT2D eigenvalue weighted by Gasteiger charge is -2.12. The normalized spacial score (nSPS) is 14.5. The van der Waals surface area contributed by atoms with Gasteiger partial charge >= 0.3 is 0 Å². The van der Waals surface area contributed by atoms with E-state index in [1.165, 1.54) is 0 Å². The number of benzene rings is 1. The summed E-state index contributed by atoms with van der Waals surface area (Å²) in [6.07, 6.45) is 1.85. The number of H-pyrrole nitrogens is 1. The van der Waals surface area contributed by atoms with Crippen LogP contribution in [0.1, 0.15) is 48.2 Å². The highest BCUT2D eigenvalue weighted by atomic mass is 16.5. The number of rotatable bonds is 9. The summed E-state index contributed by atoms with van der Waals surface area (Å²) in [5.41, 5.74) is 5.20. The van der Waals surface area contributed by atoms with Crippen LogP contribution in [0.3, 0.4) is 0 Å². The van der Waals surface area contributed by atoms with E-state index >= 15 is 0 Å². The summed E-state index contributed by atoms with van der Waals surface area (Å²) in [6.45, 7) is 5.84. The third kappa shape index (κ3) is 4.27. The molecule has 6 rings (SSSR count). The molecular weight excluding hydrogens is 486 g/mol. The Morgan fingerprint density at radius 1 is 1.21 bits per heavy atom. The number of fused-ring (bicyclic) bond motifs is 3. The molecule has 0 saturated heterocycles. The van der Waals surface area contributed by atoms with Gasteiger partial charge in [0.15, 0.2) is 0 Å². The van der Waals surface area contributed by atoms with Crippen molar-refractivity contribution in [3.8, 4) is 16.9 Å². The molecule has 1 atom stereocenters. The summed E-state index contributed by atoms with van der Waals surface area (Å²) in [5.74, 6) is 3.93. The molecular formula is C27H31N7O4. The molecule has 1 aliphatic carbocycles. The van der Waals surface area contributed by atoms with Gasteiger partial charge in [0.2, 0.25) is 0 Å². The molecule has 1 saturated carbocycles. The van der Waals surface area contributed by atoms with Gasteiger partial charge in [0.25, 0.3) is 0 Å². The monoisotopic (exact) mass is 517 g/mol. The van der Waals surface area contributed by atoms with Crippen LogP contribution in [0.25, 0.3) is 33.1 Å². The molecule has 4 heterocycles. The fourth-order valence-electron chi connectivity index (χ4n) is 5.03. The molecule has 38 heavy (non-hydrogen) atoms. The molecule has 11 nitrogen and oxygen atoms in total. The molecule has 0 amide bonds. The minimum atomic E-state index is -0.794. The summed E-state index contributed by atoms with van der Waals surface area (Å²) in [5, 5.41) is 33.3. The van der Waals surface area contributed by atoms with Crippen LogP contribution >= 0.6 is 0 Å². The molecule has 1 unspecified atom stereocenters. The lowest BCUT2D eigenvalue weighted by molar-refractivity contribution is 0.0839. The second-order valence-corrected chi connectivity index (χ2v) is 9.97. The van der Waals surface area contributed by atoms with Gasteiger partial charge in [0.1, 0.15) is 34.6 Å². The first kappa shape index (κ1) is 24.4. The van der Waals surface area contributed by atoms with Crippen molar-refractivity contribution in [2.24, 2.45) is 0 Å². The van der Waals surface area contributed by atoms with Crippen molar-refractivity contribution in [3.63, 3.8) is 0 Å². The number of aromatic amines is 1. The first-order valence-electron chi connectivity index (χ1n) is 12.8. The molecule has 0 radical (unpaired) electrons. The SMILES string of the molecule is COc1cc2c(cc1-c1c(C)noc1C)[nH]c1nc(C)nc(Nc3cc(C4CC4)nn3CCC(O)CO)c12. The van der Waals surface area contributed by atoms with Gasteiger partial charge in [-0.15, -0.1) is 0 Å². The molecule has 1 fully saturated rings. The Morgan fingerprint density at radius 2 is 2.03 bits per heavy atom. The van der Waals surface area contributed by atoms with Crippen molar-refractivity contribution in [3.05, 3.63) is 41.2 Å². The van der Waals surface area contributed by atoms with Crippen molar-refractivity contribution < 1.29 is 19.5 Å². The van der Waals surface area contributed by atoms with E-state index in [9.17, 15) is 10.2 Å². The molecule has 0 aliphatic heterocycles. The lowest BCUT2D eigenvalue weighted by Crippen LogP contribution is -2.16. The van der Waals surface area contributed by atoms with E-state index in [4.69, 9.17) is 19.3 Å². The predicted molar refractivity (Wildman–Crippen MR) is 143 cm³/mol. The Hall–Kier alpha value is -3.96. The zero-order valence-corrected chi connectivity index (χ0v) is 21.9. The van der Waals surface area contributed by atoms with E-state index in [1.807, 2.05) is 37.6 Å². The lowest BCUT2D eigenvalue weighted by atomic mass is 10.0. The first-order valence-corrected chi connectivity index (χ1v) is 12.8. The van der Waals surface area contributed by atoms with Crippen LogP contribution in [0, 0.1) is 20.8 Å². The summed E-state index contributed by atoms with van der Waals surface area (Å²) >= 11 is 0. The van der Waals surface area contributed by atoms with Crippen LogP contribution in [0.4, 0.5) is 11.6 Å². The number of aromatic nitrogens is 6. The summed E-state index contributed by atoms with van der Waals surface area (Å²) in [7, 11) is 1.65. The minimum absolute atomic E-state index is 0.279. The number of hydrogen-bond acceptors (Lipinski definition) is 9. The standard InChI is InChI=1S/C27H31N7O4/c1-13-24(14(2)38-33-13)19-9-21-18(10-22(19)37-4)25-26(30-21)28-15(3)29-27(25)31-23-11-20(16-5-6-16)32-34(23)8-7-17(36)12-35/h9-11,16-17,35-36H,5-8,12H2,1-4H3,(H2,28,29,30,31). The molecule has 0 bridgehead atoms. The van der Waals surface area contributed by atoms with Crippen LogP contribution in [0.2, 0.25) is 0 Å². The van der Waals surface area contributed by atoms with Crippen LogP contribution in [0.15, 0.2) is 22.7 Å². The first-order chi connectivity index (χ1) is 18.4. The predicted octanol–water partition coefficient (Wildman–Crippen LogP) is 4.26. The fourth-order valence-corrected chi connectivity index (χ4v) is 5.03. The number of aliphatic hydroxyl groups excluding tert-OH is 2. The Morgan fingerprint density at radius 3 is 2.71 bits per heavy atom. The average Bonchev–Trinajstić information content (AvgIpc) is 3.46. The number of aliphatic hydroxyl groups is 2. The van der Waals surface area contributed by atoms with Crippen molar-refractivity contribution >= 4 is 33.6 Å². The van der Waals surface area contributed by atoms with Gasteiger partial charge in [-0.25, -0.2) is 14.6 Å². The molecule has 11 heteroatoms. The average molecular weight is 518 g/mol. The van der Waals surface area contributed by atoms with E-state index in [0.29, 0.717) is 41.9 Å². The molecule has 1 aromatic carbocycles. The second-order valence-electron chi connectivity index (χ2n) is 9.97. The fraction of sp³-hybridized carbons (Fsp3) is 0.407. The van der Waals surface area contributed by atoms with Crippen molar-refractivity contribution in [2.75, 3.05) is 19.0 Å². The number of anilines is 2. The summed E-state index contributed by atoms with van der Waals surface area (Å²) in [4.78, 5) is 12.9. The summed E-state index contributed by atoms with van der Waals surface area (Å²) < 4.78 is 13.1. The van der Waals surface area contributed by atoms with Gasteiger partial charge in [-0.3, -0.25) is 0 Å². The molecule has 0 spiro atoms. The van der Waals surface area contributed by atoms with E-state index in [-0.39, 0.29) is 6.61 Å². The molecule has 4 N–H and O–H groups in total. The number of ether oxygens (including phenoxy) is 1. The topological polar surface area (TPSA) is 147 Å². The maximum absolute atomic E-state index is 9.91. The minimum Gasteiger partial charge on any atom is -0.496 e. The highest BCUT2D eigenvalue weighted by Gasteiger charge is 2.28. The van der Waals surface area contributed by atoms with Crippen molar-refractivity contribution in [2.45, 2.75) is 58.6 Å². The third-order valence-electron chi connectivity index (χ3n) is 7.11. The van der Waals surface area contributed by atoms with Crippen LogP contribution in [-0.2, 0) is 6.54 Å². The van der Waals surface area contributed by atoms with Crippen LogP contribution in [0.5, 0.6) is 5.75 Å². The van der Waals surface area contributed by atoms with Crippen LogP contribution < -0.4 is 10.1 Å². The van der Waals surface area contributed by atoms with Gasteiger partial charge in [0.05, 0.1) is 42.2 Å². The summed E-state index contributed by atoms with van der Waals surface area (Å²) in [6, 6.07) is 6.08. The van der Waals surface area contributed by atoms with Crippen LogP contribution in [-0.4, -0.2) is 59.9 Å². The molecule has 198 valence electrons. The Labute approximate surface area is 218 Å². The van der Waals surface area contributed by atoms with E-state index in [1.54, 1.807) is 7.11 Å². The van der Waals surface area contributed by atoms with Gasteiger partial charge < -0.3 is 29.8 Å². The van der Waals surface area contributed by atoms with E-state index in [0.717, 1.165) is 63.2 Å². The maximum Gasteiger partial charge on any atom is 0.145 e. The van der Waals surface area contributed by atoms with Gasteiger partial charge in [-0.05, 0) is 52.2 Å². The quantitative estimate of drug-likeness (QED) is 0.225. The van der Waals surface area contributed by atoms with Gasteiger partial charge in [-0.2, -0.15) is 5.10 Å². The van der Waals surface area contributed by atoms with E-state index in [2.05, 4.69) is 26.5 Å². The Kier molecular flexibility index (Phi) is 6.04. The largest absolute Gasteiger partial charge is 0.496 e. The van der Waals surface area contributed by atoms with E-state index < -0.39 is 6.10 Å². The van der Waals surface area contributed by atoms with Crippen molar-refractivity contribution in [1.82, 2.24) is 29.9 Å². The smallest absolute Gasteiger partial charge is 0.145 e. The number of nitrogens with zero attached hydrogens (tertiary/aromatic N) is 5. The number of hydrogen-bond donors (Lipinski definition) is 4. The number of aryl methyl sites for hydroxylation is 4. The second kappa shape index (κ2) is 9.41. The third-order valence-corrected chi connectivity index (χ3v) is 7.11. The number of nitrogens with one attached hydrogen (secondary N) is 2. The highest BCUT2D eigenvalue weighted by Crippen LogP contribution is 2.42. The highest BCUT2D eigenvalue weighted by molar-refractivity contribution is 6.13. The zero-order valence-electron chi connectivity index (χ0n) is 21.9.